The fraction of sp³-hybridized carbons (Fsp3) is 1.00. The molecule has 88 valence electrons. The van der Waals surface area contributed by atoms with Crippen LogP contribution >= 0.6 is 0 Å². The van der Waals surface area contributed by atoms with Gasteiger partial charge in [-0.15, -0.1) is 0 Å². The summed E-state index contributed by atoms with van der Waals surface area (Å²) >= 11 is 0. The molecule has 2 saturated carbocycles. The smallest absolute Gasteiger partial charge is 0.0621 e. The van der Waals surface area contributed by atoms with Gasteiger partial charge in [-0.3, -0.25) is 0 Å². The maximum Gasteiger partial charge on any atom is 0.0621 e. The van der Waals surface area contributed by atoms with Crippen molar-refractivity contribution in [3.05, 3.63) is 0 Å². The van der Waals surface area contributed by atoms with Gasteiger partial charge in [-0.05, 0) is 25.7 Å². The molecule has 2 heteroatoms. The summed E-state index contributed by atoms with van der Waals surface area (Å²) in [5.74, 6) is 0.973. The van der Waals surface area contributed by atoms with Crippen molar-refractivity contribution in [3.63, 3.8) is 0 Å². The molecular formula is C13H25NO. The second kappa shape index (κ2) is 4.06. The van der Waals surface area contributed by atoms with Crippen molar-refractivity contribution < 1.29 is 5.11 Å². The molecule has 2 N–H and O–H groups in total. The van der Waals surface area contributed by atoms with E-state index in [-0.39, 0.29) is 11.5 Å². The number of aliphatic hydroxyl groups excluding tert-OH is 1. The van der Waals surface area contributed by atoms with Crippen molar-refractivity contribution in [3.8, 4) is 0 Å². The number of nitrogens with one attached hydrogen (secondary N) is 1. The molecule has 15 heavy (non-hydrogen) atoms. The number of rotatable bonds is 4. The first-order chi connectivity index (χ1) is 7.00. The number of hydrogen-bond acceptors (Lipinski definition) is 2. The minimum Gasteiger partial charge on any atom is -0.392 e. The van der Waals surface area contributed by atoms with Gasteiger partial charge in [-0.1, -0.05) is 33.1 Å². The normalized spacial score (nSPS) is 36.8. The van der Waals surface area contributed by atoms with Crippen molar-refractivity contribution >= 4 is 0 Å². The molecule has 0 spiro atoms. The van der Waals surface area contributed by atoms with Crippen LogP contribution in [0.3, 0.4) is 0 Å². The average molecular weight is 211 g/mol. The van der Waals surface area contributed by atoms with E-state index in [9.17, 15) is 5.11 Å². The lowest BCUT2D eigenvalue weighted by molar-refractivity contribution is -0.0762. The van der Waals surface area contributed by atoms with E-state index < -0.39 is 0 Å². The van der Waals surface area contributed by atoms with Gasteiger partial charge in [0.2, 0.25) is 0 Å². The van der Waals surface area contributed by atoms with Crippen LogP contribution in [-0.4, -0.2) is 23.3 Å². The minimum absolute atomic E-state index is 0.0773. The van der Waals surface area contributed by atoms with E-state index in [1.165, 1.54) is 25.7 Å². The van der Waals surface area contributed by atoms with E-state index in [2.05, 4.69) is 26.1 Å². The Kier molecular flexibility index (Phi) is 3.09. The summed E-state index contributed by atoms with van der Waals surface area (Å²) < 4.78 is 0. The summed E-state index contributed by atoms with van der Waals surface area (Å²) in [7, 11) is 0. The highest BCUT2D eigenvalue weighted by Gasteiger charge is 2.47. The van der Waals surface area contributed by atoms with Gasteiger partial charge in [0.1, 0.15) is 0 Å². The van der Waals surface area contributed by atoms with Gasteiger partial charge in [0.25, 0.3) is 0 Å². The third kappa shape index (κ3) is 2.21. The van der Waals surface area contributed by atoms with Crippen molar-refractivity contribution in [1.82, 2.24) is 5.32 Å². The summed E-state index contributed by atoms with van der Waals surface area (Å²) in [5.41, 5.74) is 0.0773. The molecule has 0 saturated heterocycles. The molecule has 0 radical (unpaired) electrons. The zero-order valence-corrected chi connectivity index (χ0v) is 10.3. The first-order valence-electron chi connectivity index (χ1n) is 6.44. The monoisotopic (exact) mass is 211 g/mol. The first-order valence-corrected chi connectivity index (χ1v) is 6.44. The van der Waals surface area contributed by atoms with Crippen LogP contribution in [0.4, 0.5) is 0 Å². The summed E-state index contributed by atoms with van der Waals surface area (Å²) in [6.45, 7) is 6.61. The van der Waals surface area contributed by atoms with E-state index >= 15 is 0 Å². The standard InChI is InChI=1S/C13H25NO/c1-9(7-10-5-4-6-10)14-11-8-12(15)13(11,2)3/h9-12,14-15H,4-8H2,1-3H3. The zero-order valence-electron chi connectivity index (χ0n) is 10.3. The summed E-state index contributed by atoms with van der Waals surface area (Å²) in [6, 6.07) is 1.13. The van der Waals surface area contributed by atoms with Crippen LogP contribution in [-0.2, 0) is 0 Å². The van der Waals surface area contributed by atoms with E-state index in [4.69, 9.17) is 0 Å². The molecule has 3 unspecified atom stereocenters. The molecule has 0 heterocycles. The molecule has 2 nitrogen and oxygen atoms in total. The van der Waals surface area contributed by atoms with Crippen LogP contribution in [0.25, 0.3) is 0 Å². The van der Waals surface area contributed by atoms with Crippen molar-refractivity contribution in [1.29, 1.82) is 0 Å². The Hall–Kier alpha value is -0.0800. The Morgan fingerprint density at radius 2 is 2.07 bits per heavy atom. The van der Waals surface area contributed by atoms with Gasteiger partial charge in [-0.2, -0.15) is 0 Å². The van der Waals surface area contributed by atoms with Gasteiger partial charge in [-0.25, -0.2) is 0 Å². The highest BCUT2D eigenvalue weighted by molar-refractivity contribution is 5.02. The number of aliphatic hydroxyl groups is 1. The summed E-state index contributed by atoms with van der Waals surface area (Å²) in [5, 5.41) is 13.3. The summed E-state index contributed by atoms with van der Waals surface area (Å²) in [6.07, 6.45) is 6.45. The van der Waals surface area contributed by atoms with Crippen LogP contribution in [0, 0.1) is 11.3 Å². The van der Waals surface area contributed by atoms with Gasteiger partial charge in [0.05, 0.1) is 6.10 Å². The molecule has 0 amide bonds. The summed E-state index contributed by atoms with van der Waals surface area (Å²) in [4.78, 5) is 0. The predicted octanol–water partition coefficient (Wildman–Crippen LogP) is 2.31. The average Bonchev–Trinajstić information content (AvgIpc) is 2.11. The fourth-order valence-corrected chi connectivity index (χ4v) is 2.83. The molecule has 2 fully saturated rings. The van der Waals surface area contributed by atoms with Gasteiger partial charge >= 0.3 is 0 Å². The largest absolute Gasteiger partial charge is 0.392 e. The lowest BCUT2D eigenvalue weighted by atomic mass is 9.64. The molecule has 2 rings (SSSR count). The molecular weight excluding hydrogens is 186 g/mol. The quantitative estimate of drug-likeness (QED) is 0.748. The van der Waals surface area contributed by atoms with Crippen LogP contribution in [0.1, 0.15) is 52.9 Å². The van der Waals surface area contributed by atoms with Gasteiger partial charge in [0.15, 0.2) is 0 Å². The molecule has 0 bridgehead atoms. The second-order valence-corrected chi connectivity index (χ2v) is 6.23. The first kappa shape index (κ1) is 11.4. The van der Waals surface area contributed by atoms with Crippen LogP contribution in [0.15, 0.2) is 0 Å². The maximum absolute atomic E-state index is 9.66. The molecule has 0 aromatic rings. The predicted molar refractivity (Wildman–Crippen MR) is 62.7 cm³/mol. The molecule has 0 aromatic heterocycles. The number of hydrogen-bond donors (Lipinski definition) is 2. The lowest BCUT2D eigenvalue weighted by Crippen LogP contribution is -2.61. The van der Waals surface area contributed by atoms with Crippen molar-refractivity contribution in [2.24, 2.45) is 11.3 Å². The highest BCUT2D eigenvalue weighted by Crippen LogP contribution is 2.41. The lowest BCUT2D eigenvalue weighted by Gasteiger charge is -2.51. The highest BCUT2D eigenvalue weighted by atomic mass is 16.3. The second-order valence-electron chi connectivity index (χ2n) is 6.23. The SMILES string of the molecule is CC(CC1CCC1)NC1CC(O)C1(C)C. The van der Waals surface area contributed by atoms with Crippen molar-refractivity contribution in [2.45, 2.75) is 71.1 Å². The Balaban J connectivity index is 1.72. The van der Waals surface area contributed by atoms with E-state index in [0.29, 0.717) is 12.1 Å². The maximum atomic E-state index is 9.66. The Morgan fingerprint density at radius 3 is 2.47 bits per heavy atom. The fourth-order valence-electron chi connectivity index (χ4n) is 2.83. The van der Waals surface area contributed by atoms with E-state index in [0.717, 1.165) is 12.3 Å². The molecule has 2 aliphatic carbocycles. The molecule has 0 aromatic carbocycles. The van der Waals surface area contributed by atoms with Gasteiger partial charge < -0.3 is 10.4 Å². The van der Waals surface area contributed by atoms with Crippen molar-refractivity contribution in [2.75, 3.05) is 0 Å². The van der Waals surface area contributed by atoms with E-state index in [1.807, 2.05) is 0 Å². The topological polar surface area (TPSA) is 32.3 Å². The van der Waals surface area contributed by atoms with Gasteiger partial charge in [0, 0.05) is 17.5 Å². The third-order valence-corrected chi connectivity index (χ3v) is 4.61. The minimum atomic E-state index is -0.106. The van der Waals surface area contributed by atoms with Crippen LogP contribution in [0.5, 0.6) is 0 Å². The molecule has 0 aliphatic heterocycles. The Morgan fingerprint density at radius 1 is 1.40 bits per heavy atom. The molecule has 3 atom stereocenters. The van der Waals surface area contributed by atoms with Crippen LogP contribution < -0.4 is 5.32 Å². The Bertz CT molecular complexity index is 223. The zero-order chi connectivity index (χ0) is 11.1. The van der Waals surface area contributed by atoms with E-state index in [1.54, 1.807) is 0 Å². The third-order valence-electron chi connectivity index (χ3n) is 4.61. The Labute approximate surface area is 93.5 Å². The molecule has 2 aliphatic rings. The van der Waals surface area contributed by atoms with Crippen LogP contribution in [0.2, 0.25) is 0 Å².